The summed E-state index contributed by atoms with van der Waals surface area (Å²) in [5.74, 6) is 2.80. The molecule has 1 heterocycles. The van der Waals surface area contributed by atoms with Crippen LogP contribution < -0.4 is 19.5 Å². The maximum absolute atomic E-state index is 14.8. The maximum Gasteiger partial charge on any atom is 0.162 e. The Labute approximate surface area is 218 Å². The van der Waals surface area contributed by atoms with E-state index in [2.05, 4.69) is 22.2 Å². The number of hydrogen-bond donors (Lipinski definition) is 1. The number of ether oxygens (including phenoxy) is 3. The largest absolute Gasteiger partial charge is 0.493 e. The van der Waals surface area contributed by atoms with E-state index in [1.807, 2.05) is 63.2 Å². The van der Waals surface area contributed by atoms with Gasteiger partial charge in [-0.2, -0.15) is 0 Å². The number of anilines is 1. The number of halogens is 1. The molecular weight excluding hydrogens is 469 g/mol. The molecule has 7 heteroatoms. The van der Waals surface area contributed by atoms with Gasteiger partial charge in [-0.05, 0) is 48.7 Å². The monoisotopic (exact) mass is 505 g/mol. The van der Waals surface area contributed by atoms with Crippen molar-refractivity contribution >= 4 is 16.7 Å². The molecule has 1 aromatic heterocycles. The summed E-state index contributed by atoms with van der Waals surface area (Å²) in [4.78, 5) is 9.14. The molecule has 0 saturated carbocycles. The summed E-state index contributed by atoms with van der Waals surface area (Å²) in [5.41, 5.74) is 2.98. The molecule has 0 unspecified atom stereocenters. The van der Waals surface area contributed by atoms with Crippen LogP contribution in [-0.2, 0) is 6.54 Å². The lowest BCUT2D eigenvalue weighted by atomic mass is 10.0. The Hall–Kier alpha value is -3.87. The lowest BCUT2D eigenvalue weighted by Gasteiger charge is -2.15. The number of rotatable bonds is 10. The number of fused-ring (bicyclic) bond motifs is 1. The van der Waals surface area contributed by atoms with Crippen molar-refractivity contribution in [3.05, 3.63) is 71.8 Å². The van der Waals surface area contributed by atoms with Crippen molar-refractivity contribution in [2.75, 3.05) is 26.1 Å². The van der Waals surface area contributed by atoms with E-state index in [0.29, 0.717) is 47.6 Å². The molecule has 0 spiro atoms. The second-order valence-corrected chi connectivity index (χ2v) is 8.21. The van der Waals surface area contributed by atoms with Gasteiger partial charge in [-0.1, -0.05) is 51.5 Å². The van der Waals surface area contributed by atoms with Crippen LogP contribution in [0.4, 0.5) is 10.2 Å². The Kier molecular flexibility index (Phi) is 10.1. The van der Waals surface area contributed by atoms with Gasteiger partial charge in [0, 0.05) is 18.0 Å². The van der Waals surface area contributed by atoms with E-state index in [-0.39, 0.29) is 5.82 Å². The van der Waals surface area contributed by atoms with E-state index in [9.17, 15) is 4.39 Å². The standard InChI is InChI=1S/C28H30FN3O3.C2H6/c1-5-6-13-35-24-12-8-11-22(29)27(24)20-10-7-9-19(14-20)17-30-28-21-15-25(33-3)26(34-4)16-23(21)31-18(2)32-28;1-2/h7-12,14-16H,5-6,13,17H2,1-4H3,(H,30,31,32);1-2H3. The molecule has 0 amide bonds. The average molecular weight is 506 g/mol. The lowest BCUT2D eigenvalue weighted by molar-refractivity contribution is 0.309. The summed E-state index contributed by atoms with van der Waals surface area (Å²) in [6.07, 6.45) is 1.94. The summed E-state index contributed by atoms with van der Waals surface area (Å²) in [6.45, 7) is 9.00. The Morgan fingerprint density at radius 3 is 2.35 bits per heavy atom. The van der Waals surface area contributed by atoms with Crippen molar-refractivity contribution in [1.29, 1.82) is 0 Å². The predicted octanol–water partition coefficient (Wildman–Crippen LogP) is 7.58. The quantitative estimate of drug-likeness (QED) is 0.224. The van der Waals surface area contributed by atoms with Crippen LogP contribution in [0.15, 0.2) is 54.6 Å². The molecule has 0 atom stereocenters. The average Bonchev–Trinajstić information content (AvgIpc) is 2.92. The fourth-order valence-corrected chi connectivity index (χ4v) is 3.96. The van der Waals surface area contributed by atoms with Gasteiger partial charge in [0.2, 0.25) is 0 Å². The van der Waals surface area contributed by atoms with Crippen molar-refractivity contribution in [3.8, 4) is 28.4 Å². The fraction of sp³-hybridized carbons (Fsp3) is 0.333. The zero-order valence-corrected chi connectivity index (χ0v) is 22.5. The molecule has 0 saturated heterocycles. The second-order valence-electron chi connectivity index (χ2n) is 8.21. The van der Waals surface area contributed by atoms with Crippen molar-refractivity contribution in [2.24, 2.45) is 0 Å². The number of methoxy groups -OCH3 is 2. The Balaban J connectivity index is 0.00000186. The van der Waals surface area contributed by atoms with E-state index in [4.69, 9.17) is 14.2 Å². The molecule has 6 nitrogen and oxygen atoms in total. The number of aryl methyl sites for hydroxylation is 1. The van der Waals surface area contributed by atoms with Crippen molar-refractivity contribution in [1.82, 2.24) is 9.97 Å². The molecule has 3 aromatic carbocycles. The molecule has 4 aromatic rings. The van der Waals surface area contributed by atoms with E-state index in [1.165, 1.54) is 6.07 Å². The van der Waals surface area contributed by atoms with E-state index in [1.54, 1.807) is 20.3 Å². The molecule has 0 aliphatic heterocycles. The van der Waals surface area contributed by atoms with Crippen LogP contribution >= 0.6 is 0 Å². The number of nitrogens with zero attached hydrogens (tertiary/aromatic N) is 2. The molecule has 0 fully saturated rings. The van der Waals surface area contributed by atoms with Crippen molar-refractivity contribution in [3.63, 3.8) is 0 Å². The van der Waals surface area contributed by atoms with Gasteiger partial charge in [-0.15, -0.1) is 0 Å². The van der Waals surface area contributed by atoms with Crippen LogP contribution in [0.1, 0.15) is 45.0 Å². The lowest BCUT2D eigenvalue weighted by Crippen LogP contribution is -2.05. The Bertz CT molecular complexity index is 1330. The first-order chi connectivity index (χ1) is 18.0. The number of nitrogens with one attached hydrogen (secondary N) is 1. The van der Waals surface area contributed by atoms with Gasteiger partial charge in [0.1, 0.15) is 23.2 Å². The highest BCUT2D eigenvalue weighted by Crippen LogP contribution is 2.35. The minimum Gasteiger partial charge on any atom is -0.493 e. The zero-order valence-electron chi connectivity index (χ0n) is 22.5. The van der Waals surface area contributed by atoms with E-state index in [0.717, 1.165) is 34.9 Å². The number of benzene rings is 3. The van der Waals surface area contributed by atoms with Crippen LogP contribution in [0, 0.1) is 12.7 Å². The van der Waals surface area contributed by atoms with E-state index < -0.39 is 0 Å². The minimum absolute atomic E-state index is 0.303. The zero-order chi connectivity index (χ0) is 26.8. The molecule has 0 aliphatic carbocycles. The molecule has 196 valence electrons. The van der Waals surface area contributed by atoms with Gasteiger partial charge < -0.3 is 19.5 Å². The van der Waals surface area contributed by atoms with Crippen LogP contribution in [0.3, 0.4) is 0 Å². The van der Waals surface area contributed by atoms with Crippen LogP contribution in [0.25, 0.3) is 22.0 Å². The summed E-state index contributed by atoms with van der Waals surface area (Å²) >= 11 is 0. The van der Waals surface area contributed by atoms with Crippen molar-refractivity contribution in [2.45, 2.75) is 47.1 Å². The van der Waals surface area contributed by atoms with Gasteiger partial charge in [0.15, 0.2) is 11.5 Å². The maximum atomic E-state index is 14.8. The minimum atomic E-state index is -0.303. The SMILES string of the molecule is CC.CCCCOc1cccc(F)c1-c1cccc(CNc2nc(C)nc3cc(OC)c(OC)cc23)c1. The Morgan fingerprint density at radius 2 is 1.62 bits per heavy atom. The number of unbranched alkanes of at least 4 members (excludes halogenated alkanes) is 1. The van der Waals surface area contributed by atoms with Crippen molar-refractivity contribution < 1.29 is 18.6 Å². The molecule has 0 bridgehead atoms. The molecular formula is C30H36FN3O3. The second kappa shape index (κ2) is 13.4. The molecule has 4 rings (SSSR count). The smallest absolute Gasteiger partial charge is 0.162 e. The number of hydrogen-bond acceptors (Lipinski definition) is 6. The molecule has 1 N–H and O–H groups in total. The first kappa shape index (κ1) is 27.7. The third-order valence-corrected chi connectivity index (χ3v) is 5.72. The third kappa shape index (κ3) is 6.67. The van der Waals surface area contributed by atoms with Gasteiger partial charge in [0.25, 0.3) is 0 Å². The Morgan fingerprint density at radius 1 is 0.892 bits per heavy atom. The summed E-state index contributed by atoms with van der Waals surface area (Å²) in [7, 11) is 3.19. The molecule has 0 aliphatic rings. The molecule has 0 radical (unpaired) electrons. The first-order valence-electron chi connectivity index (χ1n) is 12.7. The third-order valence-electron chi connectivity index (χ3n) is 5.72. The van der Waals surface area contributed by atoms with Gasteiger partial charge in [-0.25, -0.2) is 14.4 Å². The van der Waals surface area contributed by atoms with E-state index >= 15 is 0 Å². The van der Waals surface area contributed by atoms with Crippen LogP contribution in [-0.4, -0.2) is 30.8 Å². The summed E-state index contributed by atoms with van der Waals surface area (Å²) < 4.78 is 31.6. The highest BCUT2D eigenvalue weighted by molar-refractivity contribution is 5.91. The predicted molar refractivity (Wildman–Crippen MR) is 148 cm³/mol. The molecule has 37 heavy (non-hydrogen) atoms. The summed E-state index contributed by atoms with van der Waals surface area (Å²) in [5, 5.41) is 4.24. The van der Waals surface area contributed by atoms with Gasteiger partial charge >= 0.3 is 0 Å². The highest BCUT2D eigenvalue weighted by atomic mass is 19.1. The topological polar surface area (TPSA) is 65.5 Å². The normalized spacial score (nSPS) is 10.5. The fourth-order valence-electron chi connectivity index (χ4n) is 3.96. The van der Waals surface area contributed by atoms with Crippen LogP contribution in [0.2, 0.25) is 0 Å². The highest BCUT2D eigenvalue weighted by Gasteiger charge is 2.14. The first-order valence-corrected chi connectivity index (χ1v) is 12.7. The van der Waals surface area contributed by atoms with Gasteiger partial charge in [-0.3, -0.25) is 0 Å². The summed E-state index contributed by atoms with van der Waals surface area (Å²) in [6, 6.07) is 16.4. The van der Waals surface area contributed by atoms with Gasteiger partial charge in [0.05, 0.1) is 31.9 Å². The number of aromatic nitrogens is 2. The van der Waals surface area contributed by atoms with Crippen LogP contribution in [0.5, 0.6) is 17.2 Å².